The molecule has 128 valence electrons. The maximum Gasteiger partial charge on any atom is 0.321 e. The summed E-state index contributed by atoms with van der Waals surface area (Å²) in [6.45, 7) is 6.43. The Labute approximate surface area is 139 Å². The Bertz CT molecular complexity index is 549. The van der Waals surface area contributed by atoms with Gasteiger partial charge in [-0.3, -0.25) is 0 Å². The van der Waals surface area contributed by atoms with Gasteiger partial charge in [-0.05, 0) is 58.0 Å². The first-order valence-electron chi connectivity index (χ1n) is 8.24. The van der Waals surface area contributed by atoms with Crippen LogP contribution >= 0.6 is 0 Å². The summed E-state index contributed by atoms with van der Waals surface area (Å²) in [5.74, 6) is 0. The van der Waals surface area contributed by atoms with Crippen LogP contribution in [0.25, 0.3) is 0 Å². The number of piperidine rings is 1. The normalized spacial score (nSPS) is 17.4. The van der Waals surface area contributed by atoms with Crippen LogP contribution in [0.4, 0.5) is 10.5 Å². The fourth-order valence-corrected chi connectivity index (χ4v) is 3.29. The maximum absolute atomic E-state index is 12.5. The number of urea groups is 1. The fraction of sp³-hybridized carbons (Fsp3) is 0.611. The largest absolute Gasteiger partial charge is 0.396 e. The van der Waals surface area contributed by atoms with Gasteiger partial charge < -0.3 is 20.2 Å². The van der Waals surface area contributed by atoms with Crippen LogP contribution in [0.1, 0.15) is 24.0 Å². The number of rotatable bonds is 4. The van der Waals surface area contributed by atoms with Crippen LogP contribution in [0.15, 0.2) is 18.2 Å². The maximum atomic E-state index is 12.5. The molecule has 0 aromatic heterocycles. The first-order chi connectivity index (χ1) is 10.8. The molecule has 1 fully saturated rings. The lowest BCUT2D eigenvalue weighted by Crippen LogP contribution is -2.49. The molecule has 1 aliphatic rings. The van der Waals surface area contributed by atoms with Gasteiger partial charge in [-0.1, -0.05) is 12.1 Å². The second-order valence-electron chi connectivity index (χ2n) is 7.13. The summed E-state index contributed by atoms with van der Waals surface area (Å²) in [7, 11) is 4.05. The van der Waals surface area contributed by atoms with Gasteiger partial charge in [0.2, 0.25) is 0 Å². The molecule has 2 amide bonds. The summed E-state index contributed by atoms with van der Waals surface area (Å²) in [6, 6.07) is 6.02. The molecule has 0 saturated carbocycles. The summed E-state index contributed by atoms with van der Waals surface area (Å²) < 4.78 is 0. The number of hydrogen-bond donors (Lipinski definition) is 2. The van der Waals surface area contributed by atoms with Crippen molar-refractivity contribution >= 4 is 11.7 Å². The number of amides is 2. The van der Waals surface area contributed by atoms with Crippen LogP contribution < -0.4 is 5.32 Å². The monoisotopic (exact) mass is 319 g/mol. The van der Waals surface area contributed by atoms with E-state index in [1.165, 1.54) is 0 Å². The van der Waals surface area contributed by atoms with Gasteiger partial charge in [0.05, 0.1) is 6.61 Å². The zero-order chi connectivity index (χ0) is 17.0. The van der Waals surface area contributed by atoms with E-state index in [-0.39, 0.29) is 18.1 Å². The van der Waals surface area contributed by atoms with E-state index < -0.39 is 0 Å². The molecule has 1 aromatic rings. The predicted molar refractivity (Wildman–Crippen MR) is 93.8 cm³/mol. The molecule has 0 atom stereocenters. The number of nitrogens with zero attached hydrogens (tertiary/aromatic N) is 2. The number of nitrogens with one attached hydrogen (secondary N) is 1. The molecule has 1 heterocycles. The highest BCUT2D eigenvalue weighted by atomic mass is 16.3. The average molecular weight is 319 g/mol. The molecular weight excluding hydrogens is 290 g/mol. The van der Waals surface area contributed by atoms with E-state index in [1.54, 1.807) is 0 Å². The minimum absolute atomic E-state index is 0.0462. The highest BCUT2D eigenvalue weighted by Crippen LogP contribution is 2.32. The first-order valence-corrected chi connectivity index (χ1v) is 8.24. The lowest BCUT2D eigenvalue weighted by molar-refractivity contribution is 0.0358. The van der Waals surface area contributed by atoms with Crippen molar-refractivity contribution in [3.05, 3.63) is 29.3 Å². The van der Waals surface area contributed by atoms with Crippen molar-refractivity contribution in [2.45, 2.75) is 26.7 Å². The Kier molecular flexibility index (Phi) is 5.65. The summed E-state index contributed by atoms with van der Waals surface area (Å²) in [6.07, 6.45) is 1.67. The van der Waals surface area contributed by atoms with E-state index in [0.717, 1.165) is 36.2 Å². The van der Waals surface area contributed by atoms with Crippen molar-refractivity contribution in [3.63, 3.8) is 0 Å². The number of benzene rings is 1. The molecule has 5 nitrogen and oxygen atoms in total. The quantitative estimate of drug-likeness (QED) is 0.896. The third-order valence-corrected chi connectivity index (χ3v) is 4.73. The minimum atomic E-state index is -0.0838. The summed E-state index contributed by atoms with van der Waals surface area (Å²) in [5.41, 5.74) is 3.00. The van der Waals surface area contributed by atoms with Gasteiger partial charge in [0.25, 0.3) is 0 Å². The van der Waals surface area contributed by atoms with Crippen molar-refractivity contribution in [3.8, 4) is 0 Å². The molecule has 1 aromatic carbocycles. The van der Waals surface area contributed by atoms with E-state index in [4.69, 9.17) is 0 Å². The van der Waals surface area contributed by atoms with Gasteiger partial charge in [0, 0.05) is 30.7 Å². The zero-order valence-electron chi connectivity index (χ0n) is 14.7. The lowest BCUT2D eigenvalue weighted by Gasteiger charge is -2.42. The molecule has 0 spiro atoms. The molecule has 2 N–H and O–H groups in total. The number of anilines is 1. The number of aryl methyl sites for hydroxylation is 2. The Balaban J connectivity index is 1.97. The van der Waals surface area contributed by atoms with Crippen LogP contribution in [0.2, 0.25) is 0 Å². The van der Waals surface area contributed by atoms with E-state index in [9.17, 15) is 9.90 Å². The SMILES string of the molecule is Cc1ccc(C)c(NC(=O)N2CCC(CO)(CN(C)C)CC2)c1. The number of hydrogen-bond acceptors (Lipinski definition) is 3. The average Bonchev–Trinajstić information content (AvgIpc) is 2.51. The van der Waals surface area contributed by atoms with Crippen molar-refractivity contribution in [2.24, 2.45) is 5.41 Å². The molecule has 1 aliphatic heterocycles. The van der Waals surface area contributed by atoms with Gasteiger partial charge in [0.15, 0.2) is 0 Å². The van der Waals surface area contributed by atoms with Crippen LogP contribution in [0.3, 0.4) is 0 Å². The molecule has 5 heteroatoms. The number of aliphatic hydroxyl groups excluding tert-OH is 1. The zero-order valence-corrected chi connectivity index (χ0v) is 14.7. The highest BCUT2D eigenvalue weighted by Gasteiger charge is 2.35. The Morgan fingerprint density at radius 2 is 1.96 bits per heavy atom. The van der Waals surface area contributed by atoms with Crippen LogP contribution in [0.5, 0.6) is 0 Å². The van der Waals surface area contributed by atoms with Crippen LogP contribution in [0, 0.1) is 19.3 Å². The Morgan fingerprint density at radius 3 is 2.52 bits per heavy atom. The van der Waals surface area contributed by atoms with Gasteiger partial charge >= 0.3 is 6.03 Å². The van der Waals surface area contributed by atoms with E-state index in [0.29, 0.717) is 13.1 Å². The molecule has 23 heavy (non-hydrogen) atoms. The number of carbonyl (C=O) groups is 1. The number of aliphatic hydroxyl groups is 1. The fourth-order valence-electron chi connectivity index (χ4n) is 3.29. The summed E-state index contributed by atoms with van der Waals surface area (Å²) >= 11 is 0. The van der Waals surface area contributed by atoms with E-state index in [2.05, 4.69) is 10.2 Å². The van der Waals surface area contributed by atoms with Crippen molar-refractivity contribution in [1.82, 2.24) is 9.80 Å². The van der Waals surface area contributed by atoms with Crippen molar-refractivity contribution < 1.29 is 9.90 Å². The Morgan fingerprint density at radius 1 is 1.30 bits per heavy atom. The standard InChI is InChI=1S/C18H29N3O2/c1-14-5-6-15(2)16(11-14)19-17(23)21-9-7-18(13-22,8-10-21)12-20(3)4/h5-6,11,22H,7-10,12-13H2,1-4H3,(H,19,23). The topological polar surface area (TPSA) is 55.8 Å². The highest BCUT2D eigenvalue weighted by molar-refractivity contribution is 5.90. The lowest BCUT2D eigenvalue weighted by atomic mass is 9.79. The Hall–Kier alpha value is -1.59. The van der Waals surface area contributed by atoms with Crippen molar-refractivity contribution in [1.29, 1.82) is 0 Å². The molecule has 0 unspecified atom stereocenters. The number of carbonyl (C=O) groups excluding carboxylic acids is 1. The van der Waals surface area contributed by atoms with Crippen molar-refractivity contribution in [2.75, 3.05) is 45.7 Å². The molecule has 1 saturated heterocycles. The van der Waals surface area contributed by atoms with E-state index in [1.807, 2.05) is 51.0 Å². The molecular formula is C18H29N3O2. The third kappa shape index (κ3) is 4.45. The summed E-state index contributed by atoms with van der Waals surface area (Å²) in [4.78, 5) is 16.5. The van der Waals surface area contributed by atoms with Gasteiger partial charge in [-0.15, -0.1) is 0 Å². The second-order valence-corrected chi connectivity index (χ2v) is 7.13. The summed E-state index contributed by atoms with van der Waals surface area (Å²) in [5, 5.41) is 12.8. The predicted octanol–water partition coefficient (Wildman–Crippen LogP) is 2.47. The van der Waals surface area contributed by atoms with Crippen LogP contribution in [-0.2, 0) is 0 Å². The second kappa shape index (κ2) is 7.32. The molecule has 0 bridgehead atoms. The molecule has 0 radical (unpaired) electrons. The smallest absolute Gasteiger partial charge is 0.321 e. The molecule has 0 aliphatic carbocycles. The van der Waals surface area contributed by atoms with E-state index >= 15 is 0 Å². The minimum Gasteiger partial charge on any atom is -0.396 e. The van der Waals surface area contributed by atoms with Gasteiger partial charge in [-0.25, -0.2) is 4.79 Å². The molecule has 2 rings (SSSR count). The van der Waals surface area contributed by atoms with Gasteiger partial charge in [-0.2, -0.15) is 0 Å². The van der Waals surface area contributed by atoms with Gasteiger partial charge in [0.1, 0.15) is 0 Å². The first kappa shape index (κ1) is 17.8. The third-order valence-electron chi connectivity index (χ3n) is 4.73. The van der Waals surface area contributed by atoms with Crippen LogP contribution in [-0.4, -0.2) is 61.3 Å². The number of likely N-dealkylation sites (tertiary alicyclic amines) is 1.